The average Bonchev–Trinajstić information content (AvgIpc) is 2.88. The molecule has 2 aromatic heterocycles. The van der Waals surface area contributed by atoms with E-state index >= 15 is 0 Å². The molecular weight excluding hydrogens is 492 g/mol. The third kappa shape index (κ3) is 6.59. The minimum Gasteiger partial charge on any atom is -0.480 e. The van der Waals surface area contributed by atoms with Gasteiger partial charge in [-0.25, -0.2) is 4.98 Å². The predicted molar refractivity (Wildman–Crippen MR) is 148 cm³/mol. The van der Waals surface area contributed by atoms with E-state index < -0.39 is 0 Å². The number of ether oxygens (including phenoxy) is 1. The van der Waals surface area contributed by atoms with Gasteiger partial charge in [0.05, 0.1) is 11.7 Å². The van der Waals surface area contributed by atoms with E-state index in [1.165, 1.54) is 0 Å². The molecule has 37 heavy (non-hydrogen) atoms. The molecule has 0 spiro atoms. The Labute approximate surface area is 222 Å². The Kier molecular flexibility index (Phi) is 8.66. The van der Waals surface area contributed by atoms with E-state index in [2.05, 4.69) is 22.1 Å². The fraction of sp³-hybridized carbons (Fsp3) is 0.481. The van der Waals surface area contributed by atoms with Crippen molar-refractivity contribution in [3.8, 4) is 5.75 Å². The maximum atomic E-state index is 13.2. The Morgan fingerprint density at radius 3 is 2.70 bits per heavy atom. The molecular formula is C27H35ClN6O3. The third-order valence-electron chi connectivity index (χ3n) is 6.68. The van der Waals surface area contributed by atoms with E-state index in [1.54, 1.807) is 23.8 Å². The van der Waals surface area contributed by atoms with Gasteiger partial charge >= 0.3 is 0 Å². The number of pyridine rings is 1. The van der Waals surface area contributed by atoms with E-state index in [4.69, 9.17) is 21.3 Å². The van der Waals surface area contributed by atoms with Crippen LogP contribution in [0.25, 0.3) is 10.9 Å². The maximum Gasteiger partial charge on any atom is 0.293 e. The number of carbonyl (C=O) groups is 1. The number of nitrogens with zero attached hydrogens (tertiary/aromatic N) is 5. The molecule has 0 bridgehead atoms. The van der Waals surface area contributed by atoms with Gasteiger partial charge < -0.3 is 24.4 Å². The van der Waals surface area contributed by atoms with Crippen molar-refractivity contribution in [2.75, 3.05) is 50.6 Å². The Morgan fingerprint density at radius 1 is 1.24 bits per heavy atom. The lowest BCUT2D eigenvalue weighted by atomic mass is 10.00. The summed E-state index contributed by atoms with van der Waals surface area (Å²) in [5, 5.41) is 4.54. The van der Waals surface area contributed by atoms with Crippen molar-refractivity contribution >= 4 is 45.7 Å². The third-order valence-corrected chi connectivity index (χ3v) is 6.95. The largest absolute Gasteiger partial charge is 0.480 e. The topological polar surface area (TPSA) is 92.6 Å². The van der Waals surface area contributed by atoms with E-state index in [1.807, 2.05) is 37.2 Å². The van der Waals surface area contributed by atoms with Crippen molar-refractivity contribution in [2.24, 2.45) is 5.92 Å². The molecule has 3 aromatic rings. The van der Waals surface area contributed by atoms with Crippen LogP contribution in [0.2, 0.25) is 5.02 Å². The average molecular weight is 527 g/mol. The number of nitrogens with one attached hydrogen (secondary N) is 1. The first-order valence-corrected chi connectivity index (χ1v) is 13.1. The van der Waals surface area contributed by atoms with E-state index in [-0.39, 0.29) is 23.7 Å². The van der Waals surface area contributed by atoms with Crippen LogP contribution in [0.5, 0.6) is 5.75 Å². The highest BCUT2D eigenvalue weighted by Gasteiger charge is 2.19. The molecule has 4 rings (SSSR count). The fourth-order valence-electron chi connectivity index (χ4n) is 4.27. The summed E-state index contributed by atoms with van der Waals surface area (Å²) in [6.07, 6.45) is 4.21. The van der Waals surface area contributed by atoms with Gasteiger partial charge in [-0.05, 0) is 57.1 Å². The molecule has 1 N–H and O–H groups in total. The smallest absolute Gasteiger partial charge is 0.293 e. The zero-order valence-electron chi connectivity index (χ0n) is 22.0. The van der Waals surface area contributed by atoms with Gasteiger partial charge in [-0.15, -0.1) is 0 Å². The van der Waals surface area contributed by atoms with E-state index in [0.717, 1.165) is 42.5 Å². The molecule has 1 aliphatic heterocycles. The lowest BCUT2D eigenvalue weighted by molar-refractivity contribution is -0.120. The number of halogens is 1. The summed E-state index contributed by atoms with van der Waals surface area (Å²) in [4.78, 5) is 38.4. The number of ketones is 1. The van der Waals surface area contributed by atoms with Gasteiger partial charge in [-0.2, -0.15) is 4.98 Å². The predicted octanol–water partition coefficient (Wildman–Crippen LogP) is 4.34. The van der Waals surface area contributed by atoms with Gasteiger partial charge in [0.2, 0.25) is 5.95 Å². The van der Waals surface area contributed by atoms with Gasteiger partial charge in [-0.3, -0.25) is 9.59 Å². The molecule has 1 fully saturated rings. The number of piperidine rings is 1. The minimum absolute atomic E-state index is 0.0628. The highest BCUT2D eigenvalue weighted by Crippen LogP contribution is 2.29. The summed E-state index contributed by atoms with van der Waals surface area (Å²) < 4.78 is 7.34. The Morgan fingerprint density at radius 2 is 2.00 bits per heavy atom. The SMILES string of the molecule is CCC(=O)COc1cc2cc(Nc3nc(N4CCC(C)CC4)ncc3Cl)ccc2n(CCN(C)C)c1=O. The second-order valence-electron chi connectivity index (χ2n) is 9.88. The number of carbonyl (C=O) groups excluding carboxylic acids is 1. The number of aromatic nitrogens is 3. The first kappa shape index (κ1) is 26.9. The van der Waals surface area contributed by atoms with Crippen molar-refractivity contribution in [2.45, 2.75) is 39.7 Å². The van der Waals surface area contributed by atoms with Gasteiger partial charge in [-0.1, -0.05) is 25.4 Å². The van der Waals surface area contributed by atoms with Crippen LogP contribution >= 0.6 is 11.6 Å². The molecule has 0 unspecified atom stereocenters. The number of anilines is 3. The second-order valence-corrected chi connectivity index (χ2v) is 10.3. The van der Waals surface area contributed by atoms with Crippen molar-refractivity contribution in [1.29, 1.82) is 0 Å². The zero-order chi connectivity index (χ0) is 26.5. The molecule has 0 atom stereocenters. The molecule has 10 heteroatoms. The summed E-state index contributed by atoms with van der Waals surface area (Å²) >= 11 is 6.45. The number of fused-ring (bicyclic) bond motifs is 1. The van der Waals surface area contributed by atoms with Gasteiger partial charge in [0.15, 0.2) is 17.4 Å². The number of benzene rings is 1. The molecule has 1 aliphatic rings. The molecule has 0 saturated carbocycles. The standard InChI is InChI=1S/C27H35ClN6O3/c1-5-21(35)17-37-24-15-19-14-20(6-7-23(19)34(26(24)36)13-12-32(3)4)30-25-22(28)16-29-27(31-25)33-10-8-18(2)9-11-33/h6-7,14-16,18H,5,8-13,17H2,1-4H3,(H,29,30,31). The van der Waals surface area contributed by atoms with E-state index in [9.17, 15) is 9.59 Å². The van der Waals surface area contributed by atoms with Crippen molar-refractivity contribution in [3.63, 3.8) is 0 Å². The highest BCUT2D eigenvalue weighted by atomic mass is 35.5. The lowest BCUT2D eigenvalue weighted by Crippen LogP contribution is -2.34. The van der Waals surface area contributed by atoms with Crippen molar-refractivity contribution < 1.29 is 9.53 Å². The summed E-state index contributed by atoms with van der Waals surface area (Å²) in [5.41, 5.74) is 1.29. The summed E-state index contributed by atoms with van der Waals surface area (Å²) in [6.45, 7) is 6.93. The van der Waals surface area contributed by atoms with Crippen LogP contribution in [0, 0.1) is 5.92 Å². The molecule has 9 nitrogen and oxygen atoms in total. The Hall–Kier alpha value is -3.17. The monoisotopic (exact) mass is 526 g/mol. The number of rotatable bonds is 10. The van der Waals surface area contributed by atoms with Crippen LogP contribution in [0.1, 0.15) is 33.1 Å². The van der Waals surface area contributed by atoms with E-state index in [0.29, 0.717) is 42.2 Å². The van der Waals surface area contributed by atoms with Gasteiger partial charge in [0, 0.05) is 43.7 Å². The van der Waals surface area contributed by atoms with Crippen LogP contribution in [0.15, 0.2) is 35.3 Å². The quantitative estimate of drug-likeness (QED) is 0.417. The van der Waals surface area contributed by atoms with Crippen LogP contribution < -0.4 is 20.5 Å². The van der Waals surface area contributed by atoms with Crippen LogP contribution in [0.4, 0.5) is 17.5 Å². The number of likely N-dealkylation sites (N-methyl/N-ethyl adjacent to an activating group) is 1. The summed E-state index contributed by atoms with van der Waals surface area (Å²) in [5.74, 6) is 1.99. The molecule has 198 valence electrons. The van der Waals surface area contributed by atoms with Crippen LogP contribution in [-0.4, -0.2) is 65.6 Å². The summed E-state index contributed by atoms with van der Waals surface area (Å²) in [7, 11) is 3.92. The Bertz CT molecular complexity index is 1320. The van der Waals surface area contributed by atoms with Crippen LogP contribution in [0.3, 0.4) is 0 Å². The van der Waals surface area contributed by atoms with Gasteiger partial charge in [0.1, 0.15) is 11.6 Å². The molecule has 1 saturated heterocycles. The lowest BCUT2D eigenvalue weighted by Gasteiger charge is -2.30. The molecule has 0 amide bonds. The zero-order valence-corrected chi connectivity index (χ0v) is 22.7. The normalized spacial score (nSPS) is 14.4. The number of hydrogen-bond donors (Lipinski definition) is 1. The highest BCUT2D eigenvalue weighted by molar-refractivity contribution is 6.32. The minimum atomic E-state index is -0.252. The molecule has 1 aromatic carbocycles. The number of Topliss-reactive ketones (excluding diaryl/α,β-unsaturated/α-hetero) is 1. The fourth-order valence-corrected chi connectivity index (χ4v) is 4.41. The van der Waals surface area contributed by atoms with Crippen molar-refractivity contribution in [1.82, 2.24) is 19.4 Å². The number of hydrogen-bond acceptors (Lipinski definition) is 8. The van der Waals surface area contributed by atoms with Crippen LogP contribution in [-0.2, 0) is 11.3 Å². The first-order chi connectivity index (χ1) is 17.7. The first-order valence-electron chi connectivity index (χ1n) is 12.8. The molecule has 0 radical (unpaired) electrons. The van der Waals surface area contributed by atoms with Gasteiger partial charge in [0.25, 0.3) is 5.56 Å². The maximum absolute atomic E-state index is 13.2. The van der Waals surface area contributed by atoms with Crippen molar-refractivity contribution in [3.05, 3.63) is 45.8 Å². The second kappa shape index (κ2) is 11.9. The Balaban J connectivity index is 1.66. The molecule has 0 aliphatic carbocycles. The summed E-state index contributed by atoms with van der Waals surface area (Å²) in [6, 6.07) is 7.42. The molecule has 3 heterocycles.